The van der Waals surface area contributed by atoms with E-state index in [2.05, 4.69) is 0 Å². The Hall–Kier alpha value is -1.16. The second-order valence-electron chi connectivity index (χ2n) is 6.64. The molecule has 0 atom stereocenters. The van der Waals surface area contributed by atoms with Crippen molar-refractivity contribution < 1.29 is 14.8 Å². The third-order valence-corrected chi connectivity index (χ3v) is 2.93. The monoisotopic (exact) mass is 250 g/mol. The van der Waals surface area contributed by atoms with Crippen molar-refractivity contribution in [3.8, 4) is 11.5 Å². The number of hydrogen-bond acceptors (Lipinski definition) is 3. The molecule has 18 heavy (non-hydrogen) atoms. The highest BCUT2D eigenvalue weighted by Gasteiger charge is 2.26. The molecule has 0 aliphatic carbocycles. The van der Waals surface area contributed by atoms with E-state index in [0.29, 0.717) is 11.5 Å². The van der Waals surface area contributed by atoms with E-state index in [9.17, 15) is 5.11 Å². The number of hydrogen-bond donors (Lipinski definition) is 2. The largest absolute Gasteiger partial charge is 0.539 e. The summed E-state index contributed by atoms with van der Waals surface area (Å²) in [4.78, 5) is 0. The Bertz CT molecular complexity index is 393. The molecule has 0 heterocycles. The van der Waals surface area contributed by atoms with Gasteiger partial charge in [-0.15, -0.1) is 0 Å². The summed E-state index contributed by atoms with van der Waals surface area (Å²) in [6.45, 7) is 12.2. The summed E-state index contributed by atoms with van der Waals surface area (Å²) in [6, 6.07) is 3.58. The fourth-order valence-corrected chi connectivity index (χ4v) is 1.91. The van der Waals surface area contributed by atoms with Crippen LogP contribution in [0.4, 0.5) is 0 Å². The molecule has 0 saturated carbocycles. The van der Waals surface area contributed by atoms with E-state index >= 15 is 0 Å². The van der Waals surface area contributed by atoms with E-state index in [0.717, 1.165) is 11.1 Å². The van der Waals surface area contributed by atoms with Crippen molar-refractivity contribution in [1.29, 1.82) is 0 Å². The van der Waals surface area contributed by atoms with E-state index in [-0.39, 0.29) is 18.5 Å². The summed E-state index contributed by atoms with van der Waals surface area (Å²) in [5.74, 6) is 0.908. The van der Waals surface area contributed by atoms with Crippen LogP contribution in [-0.4, -0.2) is 17.8 Å². The molecule has 0 radical (unpaired) electrons. The third kappa shape index (κ3) is 3.19. The van der Waals surface area contributed by atoms with E-state index in [1.165, 1.54) is 0 Å². The fraction of sp³-hybridized carbons (Fsp3) is 0.571. The average molecular weight is 250 g/mol. The van der Waals surface area contributed by atoms with Crippen LogP contribution in [0.25, 0.3) is 0 Å². The Morgan fingerprint density at radius 2 is 1.33 bits per heavy atom. The molecular formula is C14H23BO3. The molecule has 0 saturated heterocycles. The topological polar surface area (TPSA) is 49.7 Å². The molecule has 1 aromatic carbocycles. The van der Waals surface area contributed by atoms with Gasteiger partial charge in [-0.05, 0) is 23.0 Å². The van der Waals surface area contributed by atoms with Crippen molar-refractivity contribution in [2.24, 2.45) is 0 Å². The lowest BCUT2D eigenvalue weighted by atomic mass is 9.79. The van der Waals surface area contributed by atoms with Crippen LogP contribution in [0, 0.1) is 0 Å². The van der Waals surface area contributed by atoms with Gasteiger partial charge in [0.1, 0.15) is 11.5 Å². The lowest BCUT2D eigenvalue weighted by molar-refractivity contribution is 0.414. The molecule has 2 N–H and O–H groups in total. The molecule has 100 valence electrons. The minimum atomic E-state index is -0.363. The third-order valence-electron chi connectivity index (χ3n) is 2.93. The highest BCUT2D eigenvalue weighted by Crippen LogP contribution is 2.41. The quantitative estimate of drug-likeness (QED) is 0.793. The van der Waals surface area contributed by atoms with Crippen molar-refractivity contribution in [3.63, 3.8) is 0 Å². The molecule has 0 aromatic heterocycles. The van der Waals surface area contributed by atoms with Crippen LogP contribution in [0.3, 0.4) is 0 Å². The average Bonchev–Trinajstić information content (AvgIpc) is 2.17. The second-order valence-corrected chi connectivity index (χ2v) is 6.64. The van der Waals surface area contributed by atoms with Crippen molar-refractivity contribution in [3.05, 3.63) is 23.3 Å². The normalized spacial score (nSPS) is 12.4. The molecule has 0 spiro atoms. The number of phenols is 1. The number of aromatic hydroxyl groups is 1. The molecule has 0 fully saturated rings. The first-order valence-electron chi connectivity index (χ1n) is 6.19. The minimum Gasteiger partial charge on any atom is -0.539 e. The Kier molecular flexibility index (Phi) is 4.01. The first-order valence-corrected chi connectivity index (χ1v) is 6.19. The molecule has 1 rings (SSSR count). The molecule has 4 heteroatoms. The van der Waals surface area contributed by atoms with Crippen molar-refractivity contribution in [2.75, 3.05) is 0 Å². The van der Waals surface area contributed by atoms with Crippen LogP contribution in [-0.2, 0) is 10.8 Å². The van der Waals surface area contributed by atoms with Gasteiger partial charge in [-0.25, -0.2) is 0 Å². The maximum Gasteiger partial charge on any atom is 0.504 e. The standard InChI is InChI=1S/C14H23BO3/c1-13(2,3)10-7-9(18-15-17)8-11(12(10)16)14(4,5)6/h7-8,15-17H,1-6H3. The van der Waals surface area contributed by atoms with Crippen LogP contribution in [0.15, 0.2) is 12.1 Å². The van der Waals surface area contributed by atoms with Gasteiger partial charge in [0.25, 0.3) is 0 Å². The summed E-state index contributed by atoms with van der Waals surface area (Å²) in [6.07, 6.45) is 0. The lowest BCUT2D eigenvalue weighted by Gasteiger charge is -2.28. The molecule has 0 amide bonds. The van der Waals surface area contributed by atoms with Crippen molar-refractivity contribution in [2.45, 2.75) is 52.4 Å². The maximum atomic E-state index is 10.4. The summed E-state index contributed by atoms with van der Waals surface area (Å²) in [5.41, 5.74) is 1.30. The SMILES string of the molecule is CC(C)(C)c1cc(OBO)cc(C(C)(C)C)c1O. The van der Waals surface area contributed by atoms with Crippen molar-refractivity contribution in [1.82, 2.24) is 0 Å². The van der Waals surface area contributed by atoms with Gasteiger partial charge >= 0.3 is 7.69 Å². The highest BCUT2D eigenvalue weighted by molar-refractivity contribution is 6.17. The zero-order chi connectivity index (χ0) is 14.1. The predicted molar refractivity (Wildman–Crippen MR) is 75.5 cm³/mol. The predicted octanol–water partition coefficient (Wildman–Crippen LogP) is 2.62. The number of benzene rings is 1. The van der Waals surface area contributed by atoms with Gasteiger partial charge in [0, 0.05) is 11.1 Å². The van der Waals surface area contributed by atoms with Crippen LogP contribution in [0.5, 0.6) is 11.5 Å². The molecule has 1 aromatic rings. The highest BCUT2D eigenvalue weighted by atomic mass is 16.5. The van der Waals surface area contributed by atoms with Gasteiger partial charge in [-0.1, -0.05) is 41.5 Å². The van der Waals surface area contributed by atoms with Crippen LogP contribution >= 0.6 is 0 Å². The van der Waals surface area contributed by atoms with Crippen LogP contribution in [0.1, 0.15) is 52.7 Å². The lowest BCUT2D eigenvalue weighted by Crippen LogP contribution is -2.17. The van der Waals surface area contributed by atoms with Crippen LogP contribution in [0.2, 0.25) is 0 Å². The molecule has 0 unspecified atom stereocenters. The molecule has 0 bridgehead atoms. The zero-order valence-electron chi connectivity index (χ0n) is 12.2. The Labute approximate surface area is 110 Å². The van der Waals surface area contributed by atoms with E-state index < -0.39 is 0 Å². The minimum absolute atomic E-state index is 0.182. The number of rotatable bonds is 2. The van der Waals surface area contributed by atoms with Gasteiger partial charge in [0.15, 0.2) is 0 Å². The zero-order valence-corrected chi connectivity index (χ0v) is 12.2. The van der Waals surface area contributed by atoms with E-state index in [1.807, 2.05) is 41.5 Å². The smallest absolute Gasteiger partial charge is 0.504 e. The van der Waals surface area contributed by atoms with Gasteiger partial charge in [0.05, 0.1) is 0 Å². The van der Waals surface area contributed by atoms with Gasteiger partial charge < -0.3 is 14.8 Å². The Balaban J connectivity index is 3.48. The fourth-order valence-electron chi connectivity index (χ4n) is 1.91. The summed E-state index contributed by atoms with van der Waals surface area (Å²) < 4.78 is 5.18. The van der Waals surface area contributed by atoms with Gasteiger partial charge in [-0.3, -0.25) is 0 Å². The molecule has 0 aliphatic rings. The molecule has 3 nitrogen and oxygen atoms in total. The first kappa shape index (κ1) is 14.9. The molecule has 0 aliphatic heterocycles. The van der Waals surface area contributed by atoms with Crippen molar-refractivity contribution >= 4 is 7.69 Å². The summed E-state index contributed by atoms with van der Waals surface area (Å²) in [7, 11) is -0.363. The second kappa shape index (κ2) is 4.85. The summed E-state index contributed by atoms with van der Waals surface area (Å²) in [5, 5.41) is 19.3. The van der Waals surface area contributed by atoms with E-state index in [1.54, 1.807) is 12.1 Å². The molecular weight excluding hydrogens is 227 g/mol. The summed E-state index contributed by atoms with van der Waals surface area (Å²) >= 11 is 0. The first-order chi connectivity index (χ1) is 8.07. The van der Waals surface area contributed by atoms with Crippen LogP contribution < -0.4 is 4.65 Å². The van der Waals surface area contributed by atoms with E-state index in [4.69, 9.17) is 9.68 Å². The maximum absolute atomic E-state index is 10.4. The van der Waals surface area contributed by atoms with Gasteiger partial charge in [-0.2, -0.15) is 0 Å². The Morgan fingerprint density at radius 1 is 0.944 bits per heavy atom. The number of phenolic OH excluding ortho intramolecular Hbond substituents is 1. The Morgan fingerprint density at radius 3 is 1.61 bits per heavy atom. The van der Waals surface area contributed by atoms with Gasteiger partial charge in [0.2, 0.25) is 0 Å².